The third kappa shape index (κ3) is 3.32. The van der Waals surface area contributed by atoms with Crippen molar-refractivity contribution in [3.8, 4) is 28.8 Å². The van der Waals surface area contributed by atoms with E-state index in [4.69, 9.17) is 10.2 Å². The van der Waals surface area contributed by atoms with Crippen LogP contribution in [0.4, 0.5) is 10.5 Å². The number of amides is 3. The highest BCUT2D eigenvalue weighted by Gasteiger charge is 2.59. The fourth-order valence-corrected chi connectivity index (χ4v) is 5.22. The van der Waals surface area contributed by atoms with Crippen molar-refractivity contribution < 1.29 is 9.59 Å². The van der Waals surface area contributed by atoms with Crippen LogP contribution in [-0.4, -0.2) is 43.9 Å². The van der Waals surface area contributed by atoms with Gasteiger partial charge in [-0.05, 0) is 66.9 Å². The molecule has 6 rings (SSSR count). The monoisotopic (exact) mass is 462 g/mol. The van der Waals surface area contributed by atoms with Gasteiger partial charge in [0.15, 0.2) is 0 Å². The van der Waals surface area contributed by atoms with Crippen LogP contribution in [-0.2, 0) is 11.2 Å². The second kappa shape index (κ2) is 7.99. The van der Waals surface area contributed by atoms with Gasteiger partial charge in [0.2, 0.25) is 0 Å². The van der Waals surface area contributed by atoms with Crippen LogP contribution in [0.3, 0.4) is 0 Å². The molecule has 2 fully saturated rings. The number of rotatable bonds is 5. The highest BCUT2D eigenvalue weighted by atomic mass is 16.2. The molecule has 2 saturated heterocycles. The van der Waals surface area contributed by atoms with Crippen LogP contribution in [0, 0.1) is 11.3 Å². The Hall–Kier alpha value is -4.64. The summed E-state index contributed by atoms with van der Waals surface area (Å²) in [4.78, 5) is 41.8. The Morgan fingerprint density at radius 2 is 1.63 bits per heavy atom. The van der Waals surface area contributed by atoms with Crippen LogP contribution in [0.1, 0.15) is 24.0 Å². The quantitative estimate of drug-likeness (QED) is 0.426. The van der Waals surface area contributed by atoms with Crippen molar-refractivity contribution in [3.63, 3.8) is 0 Å². The fraction of sp³-hybridized carbons (Fsp3) is 0.185. The predicted octanol–water partition coefficient (Wildman–Crippen LogP) is 4.49. The number of anilines is 1. The Kier molecular flexibility index (Phi) is 4.78. The SMILES string of the molecule is N#Cc1ccc(CC23CCCN2C(=O)N(c2cc(-c4ccc[nH]4)nc(-c4ccc[nH]4)c2)C3=O)cc1. The van der Waals surface area contributed by atoms with Crippen LogP contribution < -0.4 is 4.90 Å². The van der Waals surface area contributed by atoms with Crippen LogP contribution in [0.25, 0.3) is 22.8 Å². The number of nitrogens with zero attached hydrogens (tertiary/aromatic N) is 4. The van der Waals surface area contributed by atoms with Gasteiger partial charge in [-0.25, -0.2) is 14.7 Å². The average molecular weight is 463 g/mol. The molecule has 1 aromatic carbocycles. The van der Waals surface area contributed by atoms with Gasteiger partial charge < -0.3 is 14.9 Å². The van der Waals surface area contributed by atoms with Gasteiger partial charge in [0.25, 0.3) is 5.91 Å². The van der Waals surface area contributed by atoms with Gasteiger partial charge in [-0.3, -0.25) is 4.79 Å². The number of benzene rings is 1. The third-order valence-electron chi connectivity index (χ3n) is 6.91. The summed E-state index contributed by atoms with van der Waals surface area (Å²) in [6, 6.07) is 20.2. The molecule has 3 aromatic heterocycles. The summed E-state index contributed by atoms with van der Waals surface area (Å²) in [5.41, 5.74) is 3.95. The van der Waals surface area contributed by atoms with Gasteiger partial charge in [0, 0.05) is 25.4 Å². The Morgan fingerprint density at radius 1 is 0.971 bits per heavy atom. The molecule has 0 aliphatic carbocycles. The average Bonchev–Trinajstić information content (AvgIpc) is 3.68. The molecule has 8 heteroatoms. The van der Waals surface area contributed by atoms with E-state index in [-0.39, 0.29) is 11.9 Å². The van der Waals surface area contributed by atoms with Gasteiger partial charge in [-0.1, -0.05) is 12.1 Å². The summed E-state index contributed by atoms with van der Waals surface area (Å²) in [6.07, 6.45) is 5.42. The number of aromatic amines is 2. The van der Waals surface area contributed by atoms with E-state index in [9.17, 15) is 9.59 Å². The van der Waals surface area contributed by atoms with Gasteiger partial charge >= 0.3 is 6.03 Å². The molecule has 2 N–H and O–H groups in total. The van der Waals surface area contributed by atoms with E-state index < -0.39 is 5.54 Å². The lowest BCUT2D eigenvalue weighted by Crippen LogP contribution is -2.47. The Bertz CT molecular complexity index is 1400. The second-order valence-electron chi connectivity index (χ2n) is 8.96. The second-order valence-corrected chi connectivity index (χ2v) is 8.96. The number of fused-ring (bicyclic) bond motifs is 1. The molecule has 2 aliphatic rings. The van der Waals surface area contributed by atoms with Crippen molar-refractivity contribution in [2.45, 2.75) is 24.8 Å². The van der Waals surface area contributed by atoms with Crippen molar-refractivity contribution >= 4 is 17.6 Å². The standard InChI is InChI=1S/C27H22N6O2/c28-17-19-8-6-18(7-9-19)16-27-10-3-13-32(27)26(35)33(25(27)34)20-14-23(21-4-1-11-29-21)31-24(15-20)22-5-2-12-30-22/h1-2,4-9,11-12,14-15,29-30H,3,10,13,16H2. The van der Waals surface area contributed by atoms with E-state index in [1.807, 2.05) is 48.8 Å². The summed E-state index contributed by atoms with van der Waals surface area (Å²) in [5.74, 6) is -0.217. The molecule has 4 aromatic rings. The number of pyridine rings is 1. The van der Waals surface area contributed by atoms with E-state index in [2.05, 4.69) is 16.0 Å². The van der Waals surface area contributed by atoms with Crippen LogP contribution in [0.5, 0.6) is 0 Å². The van der Waals surface area contributed by atoms with E-state index in [0.29, 0.717) is 42.0 Å². The fourth-order valence-electron chi connectivity index (χ4n) is 5.22. The number of hydrogen-bond donors (Lipinski definition) is 2. The lowest BCUT2D eigenvalue weighted by atomic mass is 9.87. The van der Waals surface area contributed by atoms with E-state index in [0.717, 1.165) is 23.4 Å². The Morgan fingerprint density at radius 3 is 2.20 bits per heavy atom. The van der Waals surface area contributed by atoms with Gasteiger partial charge in [-0.15, -0.1) is 0 Å². The van der Waals surface area contributed by atoms with Crippen molar-refractivity contribution in [2.24, 2.45) is 0 Å². The van der Waals surface area contributed by atoms with E-state index in [1.165, 1.54) is 4.90 Å². The molecule has 1 unspecified atom stereocenters. The maximum atomic E-state index is 14.0. The molecule has 8 nitrogen and oxygen atoms in total. The van der Waals surface area contributed by atoms with Gasteiger partial charge in [-0.2, -0.15) is 5.26 Å². The normalized spacial score (nSPS) is 19.3. The highest BCUT2D eigenvalue weighted by molar-refractivity contribution is 6.24. The minimum atomic E-state index is -0.923. The van der Waals surface area contributed by atoms with Crippen molar-refractivity contribution in [1.29, 1.82) is 5.26 Å². The van der Waals surface area contributed by atoms with E-state index >= 15 is 0 Å². The number of carbonyl (C=O) groups excluding carboxylic acids is 2. The maximum absolute atomic E-state index is 14.0. The zero-order valence-electron chi connectivity index (χ0n) is 18.9. The minimum absolute atomic E-state index is 0.217. The summed E-state index contributed by atoms with van der Waals surface area (Å²) in [7, 11) is 0. The summed E-state index contributed by atoms with van der Waals surface area (Å²) in [6.45, 7) is 0.537. The maximum Gasteiger partial charge on any atom is 0.332 e. The Labute approximate surface area is 201 Å². The molecule has 2 aliphatic heterocycles. The number of imide groups is 1. The topological polar surface area (TPSA) is 109 Å². The number of urea groups is 1. The molecule has 172 valence electrons. The van der Waals surface area contributed by atoms with Crippen molar-refractivity contribution in [1.82, 2.24) is 19.9 Å². The number of aromatic nitrogens is 3. The van der Waals surface area contributed by atoms with Gasteiger partial charge in [0.05, 0.1) is 40.1 Å². The predicted molar refractivity (Wildman–Crippen MR) is 130 cm³/mol. The molecule has 0 bridgehead atoms. The van der Waals surface area contributed by atoms with Crippen LogP contribution in [0.2, 0.25) is 0 Å². The zero-order chi connectivity index (χ0) is 24.0. The number of carbonyl (C=O) groups is 2. The molecule has 1 atom stereocenters. The minimum Gasteiger partial charge on any atom is -0.360 e. The van der Waals surface area contributed by atoms with Gasteiger partial charge in [0.1, 0.15) is 5.54 Å². The Balaban J connectivity index is 1.43. The van der Waals surface area contributed by atoms with Crippen LogP contribution in [0.15, 0.2) is 73.1 Å². The zero-order valence-corrected chi connectivity index (χ0v) is 18.9. The number of H-pyrrole nitrogens is 2. The lowest BCUT2D eigenvalue weighted by Gasteiger charge is -2.28. The number of nitrogens with one attached hydrogen (secondary N) is 2. The molecular formula is C27H22N6O2. The first kappa shape index (κ1) is 20.9. The molecule has 3 amide bonds. The van der Waals surface area contributed by atoms with Crippen LogP contribution >= 0.6 is 0 Å². The smallest absolute Gasteiger partial charge is 0.332 e. The largest absolute Gasteiger partial charge is 0.360 e. The molecule has 0 saturated carbocycles. The molecule has 0 radical (unpaired) electrons. The first-order valence-electron chi connectivity index (χ1n) is 11.5. The molecule has 5 heterocycles. The summed E-state index contributed by atoms with van der Waals surface area (Å²) in [5, 5.41) is 9.11. The lowest BCUT2D eigenvalue weighted by molar-refractivity contribution is -0.123. The first-order chi connectivity index (χ1) is 17.1. The number of hydrogen-bond acceptors (Lipinski definition) is 4. The first-order valence-corrected chi connectivity index (χ1v) is 11.5. The number of nitriles is 1. The molecule has 35 heavy (non-hydrogen) atoms. The summed E-state index contributed by atoms with van der Waals surface area (Å²) >= 11 is 0. The third-order valence-corrected chi connectivity index (χ3v) is 6.91. The highest BCUT2D eigenvalue weighted by Crippen LogP contribution is 2.43. The van der Waals surface area contributed by atoms with E-state index in [1.54, 1.807) is 29.2 Å². The summed E-state index contributed by atoms with van der Waals surface area (Å²) < 4.78 is 0. The molecular weight excluding hydrogens is 440 g/mol. The van der Waals surface area contributed by atoms with Crippen molar-refractivity contribution in [3.05, 3.63) is 84.2 Å². The molecule has 0 spiro atoms. The van der Waals surface area contributed by atoms with Crippen molar-refractivity contribution in [2.75, 3.05) is 11.4 Å².